The molecule has 0 N–H and O–H groups in total. The van der Waals surface area contributed by atoms with Crippen molar-refractivity contribution >= 4 is 34.9 Å². The topological polar surface area (TPSA) is 17.8 Å². The molecule has 0 atom stereocenters. The van der Waals surface area contributed by atoms with Gasteiger partial charge in [-0.2, -0.15) is 0 Å². The fourth-order valence-corrected chi connectivity index (χ4v) is 3.13. The van der Waals surface area contributed by atoms with Crippen LogP contribution in [0.5, 0.6) is 0 Å². The van der Waals surface area contributed by atoms with E-state index in [0.29, 0.717) is 20.7 Å². The van der Waals surface area contributed by atoms with Crippen LogP contribution >= 0.6 is 24.0 Å². The van der Waals surface area contributed by atoms with Crippen molar-refractivity contribution in [2.45, 2.75) is 5.16 Å². The van der Waals surface area contributed by atoms with E-state index < -0.39 is 17.5 Å². The molecule has 0 bridgehead atoms. The van der Waals surface area contributed by atoms with Gasteiger partial charge in [-0.15, -0.1) is 0 Å². The Labute approximate surface area is 133 Å². The van der Waals surface area contributed by atoms with E-state index in [9.17, 15) is 13.2 Å². The van der Waals surface area contributed by atoms with E-state index in [1.54, 1.807) is 24.5 Å². The van der Waals surface area contributed by atoms with Gasteiger partial charge in [0.1, 0.15) is 4.64 Å². The normalized spacial score (nSPS) is 11.1. The highest BCUT2D eigenvalue weighted by molar-refractivity contribution is 7.98. The third kappa shape index (κ3) is 2.30. The van der Waals surface area contributed by atoms with E-state index in [1.165, 1.54) is 16.3 Å². The van der Waals surface area contributed by atoms with E-state index in [1.807, 2.05) is 6.07 Å². The summed E-state index contributed by atoms with van der Waals surface area (Å²) in [7, 11) is 0. The second-order valence-corrected chi connectivity index (χ2v) is 5.61. The standard InChI is InChI=1S/C15H9F3N2S2/c1-22-15-19-10-5-3-2-4-8(10)14(21)20(15)11-7-6-9(16)12(17)13(11)18/h2-7H,1H3. The third-order valence-electron chi connectivity index (χ3n) is 3.18. The molecule has 0 aliphatic heterocycles. The number of hydrogen-bond acceptors (Lipinski definition) is 3. The number of fused-ring (bicyclic) bond motifs is 1. The maximum Gasteiger partial charge on any atom is 0.196 e. The van der Waals surface area contributed by atoms with E-state index in [4.69, 9.17) is 12.2 Å². The number of aromatic nitrogens is 2. The number of nitrogens with zero attached hydrogens (tertiary/aromatic N) is 2. The first-order chi connectivity index (χ1) is 10.5. The summed E-state index contributed by atoms with van der Waals surface area (Å²) < 4.78 is 42.4. The first kappa shape index (κ1) is 15.1. The van der Waals surface area contributed by atoms with Gasteiger partial charge in [-0.1, -0.05) is 36.1 Å². The molecule has 0 amide bonds. The smallest absolute Gasteiger partial charge is 0.196 e. The van der Waals surface area contributed by atoms with Gasteiger partial charge in [-0.05, 0) is 30.5 Å². The zero-order chi connectivity index (χ0) is 15.9. The summed E-state index contributed by atoms with van der Waals surface area (Å²) in [6, 6.07) is 9.16. The van der Waals surface area contributed by atoms with Gasteiger partial charge in [-0.25, -0.2) is 18.2 Å². The largest absolute Gasteiger partial charge is 0.276 e. The second kappa shape index (κ2) is 5.73. The quantitative estimate of drug-likeness (QED) is 0.287. The number of para-hydroxylation sites is 1. The molecule has 0 fully saturated rings. The molecule has 0 aliphatic rings. The summed E-state index contributed by atoms with van der Waals surface area (Å²) in [5, 5.41) is 1.04. The minimum Gasteiger partial charge on any atom is -0.276 e. The lowest BCUT2D eigenvalue weighted by molar-refractivity contribution is 0.443. The van der Waals surface area contributed by atoms with Gasteiger partial charge in [-0.3, -0.25) is 4.57 Å². The van der Waals surface area contributed by atoms with E-state index >= 15 is 0 Å². The number of rotatable bonds is 2. The first-order valence-corrected chi connectivity index (χ1v) is 7.87. The molecule has 1 heterocycles. The van der Waals surface area contributed by atoms with Gasteiger partial charge < -0.3 is 0 Å². The van der Waals surface area contributed by atoms with Gasteiger partial charge >= 0.3 is 0 Å². The molecule has 3 aromatic rings. The van der Waals surface area contributed by atoms with Crippen molar-refractivity contribution in [1.29, 1.82) is 0 Å². The molecule has 0 saturated heterocycles. The SMILES string of the molecule is CSc1nc2ccccc2c(=S)n1-c1ccc(F)c(F)c1F. The minimum absolute atomic E-state index is 0.161. The molecule has 2 aromatic carbocycles. The lowest BCUT2D eigenvalue weighted by atomic mass is 10.2. The number of thioether (sulfide) groups is 1. The van der Waals surface area contributed by atoms with Crippen LogP contribution in [0.3, 0.4) is 0 Å². The Morgan fingerprint density at radius 3 is 2.50 bits per heavy atom. The molecule has 2 nitrogen and oxygen atoms in total. The van der Waals surface area contributed by atoms with Gasteiger partial charge in [0.25, 0.3) is 0 Å². The maximum atomic E-state index is 14.1. The van der Waals surface area contributed by atoms with Gasteiger partial charge in [0.2, 0.25) is 0 Å². The predicted molar refractivity (Wildman–Crippen MR) is 83.6 cm³/mol. The molecule has 7 heteroatoms. The number of benzene rings is 2. The van der Waals surface area contributed by atoms with E-state index in [-0.39, 0.29) is 5.69 Å². The average molecular weight is 338 g/mol. The van der Waals surface area contributed by atoms with Crippen LogP contribution in [0.2, 0.25) is 0 Å². The summed E-state index contributed by atoms with van der Waals surface area (Å²) in [4.78, 5) is 4.40. The third-order valence-corrected chi connectivity index (χ3v) is 4.22. The van der Waals surface area contributed by atoms with Crippen molar-refractivity contribution < 1.29 is 13.2 Å². The van der Waals surface area contributed by atoms with Crippen molar-refractivity contribution in [3.05, 3.63) is 58.5 Å². The molecule has 0 spiro atoms. The Kier molecular flexibility index (Phi) is 3.92. The minimum atomic E-state index is -1.53. The fourth-order valence-electron chi connectivity index (χ4n) is 2.15. The van der Waals surface area contributed by atoms with E-state index in [2.05, 4.69) is 4.98 Å². The average Bonchev–Trinajstić information content (AvgIpc) is 2.53. The van der Waals surface area contributed by atoms with Crippen molar-refractivity contribution in [2.75, 3.05) is 6.26 Å². The zero-order valence-corrected chi connectivity index (χ0v) is 12.9. The highest BCUT2D eigenvalue weighted by Crippen LogP contribution is 2.27. The van der Waals surface area contributed by atoms with Crippen molar-refractivity contribution in [3.63, 3.8) is 0 Å². The van der Waals surface area contributed by atoms with Gasteiger partial charge in [0.15, 0.2) is 22.6 Å². The Bertz CT molecular complexity index is 938. The van der Waals surface area contributed by atoms with Crippen LogP contribution in [0, 0.1) is 22.1 Å². The molecule has 0 aliphatic carbocycles. The lowest BCUT2D eigenvalue weighted by Gasteiger charge is -2.14. The van der Waals surface area contributed by atoms with Crippen LogP contribution in [0.1, 0.15) is 0 Å². The molecule has 22 heavy (non-hydrogen) atoms. The van der Waals surface area contributed by atoms with Crippen LogP contribution in [0.4, 0.5) is 13.2 Å². The lowest BCUT2D eigenvalue weighted by Crippen LogP contribution is -2.08. The Hall–Kier alpha value is -1.86. The van der Waals surface area contributed by atoms with Crippen molar-refractivity contribution in [3.8, 4) is 5.69 Å². The molecule has 0 saturated carbocycles. The number of hydrogen-bond donors (Lipinski definition) is 0. The van der Waals surface area contributed by atoms with Crippen LogP contribution in [-0.2, 0) is 0 Å². The number of halogens is 3. The van der Waals surface area contributed by atoms with E-state index in [0.717, 1.165) is 12.1 Å². The molecule has 0 unspecified atom stereocenters. The summed E-state index contributed by atoms with van der Waals surface area (Å²) in [6.45, 7) is 0. The monoisotopic (exact) mass is 338 g/mol. The van der Waals surface area contributed by atoms with Crippen molar-refractivity contribution in [2.24, 2.45) is 0 Å². The first-order valence-electron chi connectivity index (χ1n) is 6.24. The molecule has 3 rings (SSSR count). The highest BCUT2D eigenvalue weighted by Gasteiger charge is 2.18. The predicted octanol–water partition coefficient (Wildman–Crippen LogP) is 4.89. The Morgan fingerprint density at radius 1 is 1.05 bits per heavy atom. The molecular weight excluding hydrogens is 329 g/mol. The summed E-state index contributed by atoms with van der Waals surface area (Å²) in [5.74, 6) is -4.06. The summed E-state index contributed by atoms with van der Waals surface area (Å²) in [6.07, 6.45) is 1.75. The second-order valence-electron chi connectivity index (χ2n) is 4.45. The summed E-state index contributed by atoms with van der Waals surface area (Å²) in [5.41, 5.74) is 0.502. The molecule has 1 aromatic heterocycles. The fraction of sp³-hybridized carbons (Fsp3) is 0.0667. The molecule has 112 valence electrons. The van der Waals surface area contributed by atoms with Crippen LogP contribution < -0.4 is 0 Å². The van der Waals surface area contributed by atoms with Gasteiger partial charge in [0, 0.05) is 5.39 Å². The molecular formula is C15H9F3N2S2. The Balaban J connectivity index is 2.43. The van der Waals surface area contributed by atoms with Crippen LogP contribution in [0.15, 0.2) is 41.6 Å². The maximum absolute atomic E-state index is 14.1. The zero-order valence-electron chi connectivity index (χ0n) is 11.3. The van der Waals surface area contributed by atoms with Crippen LogP contribution in [0.25, 0.3) is 16.6 Å². The molecule has 0 radical (unpaired) electrons. The highest BCUT2D eigenvalue weighted by atomic mass is 32.2. The Morgan fingerprint density at radius 2 is 1.77 bits per heavy atom. The van der Waals surface area contributed by atoms with Crippen molar-refractivity contribution in [1.82, 2.24) is 9.55 Å². The van der Waals surface area contributed by atoms with Crippen LogP contribution in [-0.4, -0.2) is 15.8 Å². The van der Waals surface area contributed by atoms with Gasteiger partial charge in [0.05, 0.1) is 11.2 Å². The summed E-state index contributed by atoms with van der Waals surface area (Å²) >= 11 is 6.63.